The van der Waals surface area contributed by atoms with Gasteiger partial charge in [0.2, 0.25) is 0 Å². The molecule has 3 N–H and O–H groups in total. The van der Waals surface area contributed by atoms with Crippen molar-refractivity contribution in [3.8, 4) is 18.1 Å². The normalized spacial score (nSPS) is 9.25. The molecule has 0 aliphatic carbocycles. The molecule has 0 heterocycles. The molecular formula is C12H14N2O2. The summed E-state index contributed by atoms with van der Waals surface area (Å²) in [5.74, 6) is 2.70. The standard InChI is InChI=1S/C12H14N2O2/c1-3-4-7-14-12(15)10-8-9(13)5-6-11(10)16-2/h1,5-6,8H,4,7,13H2,2H3,(H,14,15). The Balaban J connectivity index is 2.81. The van der Waals surface area contributed by atoms with Crippen molar-refractivity contribution in [3.63, 3.8) is 0 Å². The Labute approximate surface area is 94.8 Å². The second kappa shape index (κ2) is 5.66. The Hall–Kier alpha value is -2.15. The third-order valence-corrected chi connectivity index (χ3v) is 2.02. The molecule has 84 valence electrons. The number of hydrogen-bond donors (Lipinski definition) is 2. The van der Waals surface area contributed by atoms with Gasteiger partial charge in [-0.25, -0.2) is 0 Å². The number of carbonyl (C=O) groups is 1. The molecule has 4 nitrogen and oxygen atoms in total. The van der Waals surface area contributed by atoms with Crippen LogP contribution in [0.1, 0.15) is 16.8 Å². The summed E-state index contributed by atoms with van der Waals surface area (Å²) in [7, 11) is 1.50. The lowest BCUT2D eigenvalue weighted by Gasteiger charge is -2.09. The molecule has 0 saturated heterocycles. The first-order valence-corrected chi connectivity index (χ1v) is 4.84. The SMILES string of the molecule is C#CCCNC(=O)c1cc(N)ccc1OC. The van der Waals surface area contributed by atoms with Gasteiger partial charge in [0.15, 0.2) is 0 Å². The molecule has 0 fully saturated rings. The molecule has 1 rings (SSSR count). The maximum absolute atomic E-state index is 11.7. The monoisotopic (exact) mass is 218 g/mol. The first kappa shape index (κ1) is 11.9. The number of nitrogens with one attached hydrogen (secondary N) is 1. The van der Waals surface area contributed by atoms with Gasteiger partial charge in [0.25, 0.3) is 5.91 Å². The smallest absolute Gasteiger partial charge is 0.255 e. The minimum Gasteiger partial charge on any atom is -0.496 e. The van der Waals surface area contributed by atoms with Crippen LogP contribution in [0.4, 0.5) is 5.69 Å². The molecule has 1 aromatic carbocycles. The Kier molecular flexibility index (Phi) is 4.22. The molecule has 4 heteroatoms. The van der Waals surface area contributed by atoms with Crippen LogP contribution in [0, 0.1) is 12.3 Å². The highest BCUT2D eigenvalue weighted by atomic mass is 16.5. The number of carbonyl (C=O) groups excluding carboxylic acids is 1. The van der Waals surface area contributed by atoms with Gasteiger partial charge in [0.05, 0.1) is 12.7 Å². The predicted octanol–water partition coefficient (Wildman–Crippen LogP) is 1.03. The molecule has 0 spiro atoms. The van der Waals surface area contributed by atoms with E-state index < -0.39 is 0 Å². The summed E-state index contributed by atoms with van der Waals surface area (Å²) in [4.78, 5) is 11.7. The molecule has 0 bridgehead atoms. The lowest BCUT2D eigenvalue weighted by atomic mass is 10.1. The molecule has 0 radical (unpaired) electrons. The number of hydrogen-bond acceptors (Lipinski definition) is 3. The van der Waals surface area contributed by atoms with E-state index in [1.54, 1.807) is 18.2 Å². The van der Waals surface area contributed by atoms with Gasteiger partial charge in [-0.2, -0.15) is 0 Å². The van der Waals surface area contributed by atoms with Crippen LogP contribution in [-0.2, 0) is 0 Å². The fraction of sp³-hybridized carbons (Fsp3) is 0.250. The number of ether oxygens (including phenoxy) is 1. The maximum Gasteiger partial charge on any atom is 0.255 e. The van der Waals surface area contributed by atoms with Crippen molar-refractivity contribution >= 4 is 11.6 Å². The van der Waals surface area contributed by atoms with Crippen LogP contribution >= 0.6 is 0 Å². The van der Waals surface area contributed by atoms with E-state index in [1.807, 2.05) is 0 Å². The lowest BCUT2D eigenvalue weighted by Crippen LogP contribution is -2.24. The highest BCUT2D eigenvalue weighted by Gasteiger charge is 2.11. The van der Waals surface area contributed by atoms with Crippen molar-refractivity contribution in [2.75, 3.05) is 19.4 Å². The maximum atomic E-state index is 11.7. The highest BCUT2D eigenvalue weighted by molar-refractivity contribution is 5.97. The number of methoxy groups -OCH3 is 1. The van der Waals surface area contributed by atoms with Gasteiger partial charge in [0, 0.05) is 18.7 Å². The molecule has 0 aliphatic rings. The van der Waals surface area contributed by atoms with E-state index in [-0.39, 0.29) is 5.91 Å². The van der Waals surface area contributed by atoms with Crippen molar-refractivity contribution in [1.82, 2.24) is 5.32 Å². The minimum atomic E-state index is -0.237. The number of terminal acetylenes is 1. The van der Waals surface area contributed by atoms with Gasteiger partial charge in [-0.15, -0.1) is 12.3 Å². The van der Waals surface area contributed by atoms with E-state index in [4.69, 9.17) is 16.9 Å². The van der Waals surface area contributed by atoms with E-state index in [0.29, 0.717) is 30.0 Å². The lowest BCUT2D eigenvalue weighted by molar-refractivity contribution is 0.0951. The number of amides is 1. The Morgan fingerprint density at radius 1 is 1.62 bits per heavy atom. The topological polar surface area (TPSA) is 64.4 Å². The summed E-state index contributed by atoms with van der Waals surface area (Å²) in [6, 6.07) is 4.91. The summed E-state index contributed by atoms with van der Waals surface area (Å²) in [5, 5.41) is 2.68. The first-order valence-electron chi connectivity index (χ1n) is 4.84. The van der Waals surface area contributed by atoms with Crippen molar-refractivity contribution < 1.29 is 9.53 Å². The number of rotatable bonds is 4. The van der Waals surface area contributed by atoms with Gasteiger partial charge in [-0.05, 0) is 18.2 Å². The Morgan fingerprint density at radius 3 is 3.00 bits per heavy atom. The van der Waals surface area contributed by atoms with E-state index in [2.05, 4.69) is 11.2 Å². The summed E-state index contributed by atoms with van der Waals surface area (Å²) in [5.41, 5.74) is 6.54. The summed E-state index contributed by atoms with van der Waals surface area (Å²) in [6.07, 6.45) is 5.58. The van der Waals surface area contributed by atoms with Crippen molar-refractivity contribution in [3.05, 3.63) is 23.8 Å². The highest BCUT2D eigenvalue weighted by Crippen LogP contribution is 2.20. The zero-order chi connectivity index (χ0) is 12.0. The molecular weight excluding hydrogens is 204 g/mol. The van der Waals surface area contributed by atoms with Crippen LogP contribution in [0.2, 0.25) is 0 Å². The second-order valence-corrected chi connectivity index (χ2v) is 3.17. The van der Waals surface area contributed by atoms with Gasteiger partial charge in [0.1, 0.15) is 5.75 Å². The van der Waals surface area contributed by atoms with Crippen LogP contribution in [0.3, 0.4) is 0 Å². The zero-order valence-electron chi connectivity index (χ0n) is 9.12. The quantitative estimate of drug-likeness (QED) is 0.450. The minimum absolute atomic E-state index is 0.237. The largest absolute Gasteiger partial charge is 0.496 e. The van der Waals surface area contributed by atoms with Gasteiger partial charge >= 0.3 is 0 Å². The van der Waals surface area contributed by atoms with Crippen LogP contribution in [0.5, 0.6) is 5.75 Å². The van der Waals surface area contributed by atoms with E-state index >= 15 is 0 Å². The number of nitrogens with two attached hydrogens (primary N) is 1. The third-order valence-electron chi connectivity index (χ3n) is 2.02. The van der Waals surface area contributed by atoms with Crippen LogP contribution in [0.15, 0.2) is 18.2 Å². The summed E-state index contributed by atoms with van der Waals surface area (Å²) < 4.78 is 5.07. The molecule has 0 aliphatic heterocycles. The zero-order valence-corrected chi connectivity index (χ0v) is 9.12. The third kappa shape index (κ3) is 2.92. The van der Waals surface area contributed by atoms with Crippen molar-refractivity contribution in [1.29, 1.82) is 0 Å². The van der Waals surface area contributed by atoms with Gasteiger partial charge in [-0.1, -0.05) is 0 Å². The van der Waals surface area contributed by atoms with E-state index in [9.17, 15) is 4.79 Å². The van der Waals surface area contributed by atoms with E-state index in [1.165, 1.54) is 7.11 Å². The summed E-state index contributed by atoms with van der Waals surface area (Å²) in [6.45, 7) is 0.438. The number of nitrogen functional groups attached to an aromatic ring is 1. The molecule has 1 aromatic rings. The molecule has 0 saturated carbocycles. The number of benzene rings is 1. The summed E-state index contributed by atoms with van der Waals surface area (Å²) >= 11 is 0. The van der Waals surface area contributed by atoms with Crippen molar-refractivity contribution in [2.24, 2.45) is 0 Å². The Bertz CT molecular complexity index is 422. The molecule has 0 atom stereocenters. The first-order chi connectivity index (χ1) is 7.69. The fourth-order valence-corrected chi connectivity index (χ4v) is 1.25. The van der Waals surface area contributed by atoms with E-state index in [0.717, 1.165) is 0 Å². The molecule has 0 aromatic heterocycles. The second-order valence-electron chi connectivity index (χ2n) is 3.17. The van der Waals surface area contributed by atoms with Crippen LogP contribution in [-0.4, -0.2) is 19.6 Å². The van der Waals surface area contributed by atoms with Crippen LogP contribution < -0.4 is 15.8 Å². The van der Waals surface area contributed by atoms with Gasteiger partial charge < -0.3 is 15.8 Å². The Morgan fingerprint density at radius 2 is 2.38 bits per heavy atom. The molecule has 16 heavy (non-hydrogen) atoms. The van der Waals surface area contributed by atoms with Crippen molar-refractivity contribution in [2.45, 2.75) is 6.42 Å². The van der Waals surface area contributed by atoms with Crippen LogP contribution in [0.25, 0.3) is 0 Å². The molecule has 1 amide bonds. The average Bonchev–Trinajstić information content (AvgIpc) is 2.29. The average molecular weight is 218 g/mol. The van der Waals surface area contributed by atoms with Gasteiger partial charge in [-0.3, -0.25) is 4.79 Å². The number of anilines is 1. The molecule has 0 unspecified atom stereocenters. The predicted molar refractivity (Wildman–Crippen MR) is 63.2 cm³/mol. The fourth-order valence-electron chi connectivity index (χ4n) is 1.25.